The largest absolute Gasteiger partial charge is 0.397 e. The van der Waals surface area contributed by atoms with Crippen LogP contribution in [0.4, 0.5) is 11.4 Å². The van der Waals surface area contributed by atoms with Crippen molar-refractivity contribution in [1.82, 2.24) is 4.57 Å². The number of anilines is 2. The van der Waals surface area contributed by atoms with Gasteiger partial charge in [-0.15, -0.1) is 12.4 Å². The summed E-state index contributed by atoms with van der Waals surface area (Å²) in [7, 11) is 0. The number of nitrogens with two attached hydrogens (primary N) is 1. The monoisotopic (exact) mass is 355 g/mol. The zero-order valence-corrected chi connectivity index (χ0v) is 14.8. The minimum absolute atomic E-state index is 0. The van der Waals surface area contributed by atoms with Crippen LogP contribution in [-0.2, 0) is 12.8 Å². The normalized spacial score (nSPS) is 13.4. The lowest BCUT2D eigenvalue weighted by Gasteiger charge is -2.16. The molecule has 3 N–H and O–H groups in total. The summed E-state index contributed by atoms with van der Waals surface area (Å²) in [5.41, 5.74) is 11.2. The number of hydrogen-bond donors (Lipinski definition) is 2. The van der Waals surface area contributed by atoms with Gasteiger partial charge in [-0.25, -0.2) is 0 Å². The highest BCUT2D eigenvalue weighted by Gasteiger charge is 2.23. The molecule has 130 valence electrons. The Balaban J connectivity index is 0.00000182. The number of hydrogen-bond acceptors (Lipinski definition) is 3. The summed E-state index contributed by atoms with van der Waals surface area (Å²) in [5.74, 6) is 0.221. The zero-order valence-electron chi connectivity index (χ0n) is 14.0. The van der Waals surface area contributed by atoms with Gasteiger partial charge < -0.3 is 11.1 Å². The fraction of sp³-hybridized carbons (Fsp3) is 0.250. The highest BCUT2D eigenvalue weighted by Crippen LogP contribution is 2.31. The lowest BCUT2D eigenvalue weighted by molar-refractivity contribution is 0.0889. The van der Waals surface area contributed by atoms with E-state index in [1.807, 2.05) is 47.0 Å². The SMILES string of the molecule is Cl.Nc1ccccc1NCCc1c2n(c3ccccc13)C(=O)CCC2. The van der Waals surface area contributed by atoms with Crippen molar-refractivity contribution < 1.29 is 4.79 Å². The Kier molecular flexibility index (Phi) is 5.00. The van der Waals surface area contributed by atoms with Crippen molar-refractivity contribution in [3.05, 3.63) is 59.8 Å². The van der Waals surface area contributed by atoms with Crippen molar-refractivity contribution in [2.45, 2.75) is 25.7 Å². The lowest BCUT2D eigenvalue weighted by atomic mass is 10.0. The molecule has 0 saturated heterocycles. The number of carbonyl (C=O) groups excluding carboxylic acids is 1. The van der Waals surface area contributed by atoms with Gasteiger partial charge in [0.2, 0.25) is 5.91 Å². The van der Waals surface area contributed by atoms with Crippen LogP contribution in [0.15, 0.2) is 48.5 Å². The third-order valence-electron chi connectivity index (χ3n) is 4.79. The summed E-state index contributed by atoms with van der Waals surface area (Å²) in [6, 6.07) is 16.0. The molecule has 0 spiro atoms. The average molecular weight is 356 g/mol. The third kappa shape index (κ3) is 3.10. The van der Waals surface area contributed by atoms with Gasteiger partial charge in [0.1, 0.15) is 0 Å². The van der Waals surface area contributed by atoms with Crippen molar-refractivity contribution in [2.75, 3.05) is 17.6 Å². The number of nitrogen functional groups attached to an aromatic ring is 1. The molecule has 0 radical (unpaired) electrons. The Labute approximate surface area is 153 Å². The van der Waals surface area contributed by atoms with E-state index in [0.717, 1.165) is 42.7 Å². The van der Waals surface area contributed by atoms with Crippen LogP contribution >= 0.6 is 12.4 Å². The molecule has 4 rings (SSSR count). The topological polar surface area (TPSA) is 60.0 Å². The van der Waals surface area contributed by atoms with E-state index < -0.39 is 0 Å². The van der Waals surface area contributed by atoms with Crippen LogP contribution in [0.3, 0.4) is 0 Å². The molecule has 4 nitrogen and oxygen atoms in total. The lowest BCUT2D eigenvalue weighted by Crippen LogP contribution is -2.20. The molecule has 0 amide bonds. The van der Waals surface area contributed by atoms with Crippen LogP contribution in [0.5, 0.6) is 0 Å². The van der Waals surface area contributed by atoms with Crippen molar-refractivity contribution in [3.63, 3.8) is 0 Å². The van der Waals surface area contributed by atoms with Gasteiger partial charge in [0.25, 0.3) is 0 Å². The second kappa shape index (κ2) is 7.19. The van der Waals surface area contributed by atoms with E-state index in [2.05, 4.69) is 11.4 Å². The second-order valence-electron chi connectivity index (χ2n) is 6.29. The van der Waals surface area contributed by atoms with Crippen LogP contribution in [-0.4, -0.2) is 17.0 Å². The summed E-state index contributed by atoms with van der Waals surface area (Å²) >= 11 is 0. The predicted molar refractivity (Wildman–Crippen MR) is 106 cm³/mol. The molecule has 1 aliphatic heterocycles. The maximum absolute atomic E-state index is 12.4. The van der Waals surface area contributed by atoms with E-state index >= 15 is 0 Å². The number of fused-ring (bicyclic) bond motifs is 3. The fourth-order valence-corrected chi connectivity index (χ4v) is 3.69. The van der Waals surface area contributed by atoms with Gasteiger partial charge in [0.05, 0.1) is 16.9 Å². The highest BCUT2D eigenvalue weighted by molar-refractivity contribution is 5.96. The van der Waals surface area contributed by atoms with E-state index in [1.165, 1.54) is 16.6 Å². The maximum atomic E-state index is 12.4. The number of nitrogens with zero attached hydrogens (tertiary/aromatic N) is 1. The van der Waals surface area contributed by atoms with Gasteiger partial charge in [0, 0.05) is 24.0 Å². The molecule has 0 unspecified atom stereocenters. The molecular formula is C20H22ClN3O. The molecule has 2 heterocycles. The highest BCUT2D eigenvalue weighted by atomic mass is 35.5. The zero-order chi connectivity index (χ0) is 16.5. The second-order valence-corrected chi connectivity index (χ2v) is 6.29. The van der Waals surface area contributed by atoms with Crippen LogP contribution in [0.25, 0.3) is 10.9 Å². The third-order valence-corrected chi connectivity index (χ3v) is 4.79. The average Bonchev–Trinajstić information content (AvgIpc) is 2.92. The quantitative estimate of drug-likeness (QED) is 0.687. The minimum atomic E-state index is 0. The van der Waals surface area contributed by atoms with Gasteiger partial charge in [-0.3, -0.25) is 9.36 Å². The standard InChI is InChI=1S/C20H21N3O.ClH/c21-16-7-2-3-8-17(16)22-13-12-15-14-6-1-4-9-18(14)23-19(15)10-5-11-20(23)24;/h1-4,6-9,22H,5,10-13,21H2;1H. The number of carbonyl (C=O) groups is 1. The van der Waals surface area contributed by atoms with Crippen molar-refractivity contribution >= 4 is 40.6 Å². The molecule has 3 aromatic rings. The number of para-hydroxylation sites is 3. The molecule has 2 aromatic carbocycles. The van der Waals surface area contributed by atoms with Gasteiger partial charge in [0.15, 0.2) is 0 Å². The molecule has 0 bridgehead atoms. The molecule has 0 fully saturated rings. The number of nitrogens with one attached hydrogen (secondary N) is 1. The first kappa shape index (κ1) is 17.4. The Morgan fingerprint density at radius 2 is 1.80 bits per heavy atom. The molecule has 1 aromatic heterocycles. The summed E-state index contributed by atoms with van der Waals surface area (Å²) in [6.07, 6.45) is 3.44. The number of aromatic nitrogens is 1. The van der Waals surface area contributed by atoms with Gasteiger partial charge in [-0.2, -0.15) is 0 Å². The van der Waals surface area contributed by atoms with Gasteiger partial charge in [-0.1, -0.05) is 30.3 Å². The molecule has 0 atom stereocenters. The Morgan fingerprint density at radius 3 is 2.64 bits per heavy atom. The molecule has 0 aliphatic carbocycles. The van der Waals surface area contributed by atoms with Crippen LogP contribution in [0.1, 0.15) is 28.9 Å². The number of rotatable bonds is 4. The summed E-state index contributed by atoms with van der Waals surface area (Å²) in [6.45, 7) is 0.795. The minimum Gasteiger partial charge on any atom is -0.397 e. The molecule has 0 saturated carbocycles. The fourth-order valence-electron chi connectivity index (χ4n) is 3.69. The maximum Gasteiger partial charge on any atom is 0.231 e. The van der Waals surface area contributed by atoms with E-state index in [9.17, 15) is 4.79 Å². The molecule has 1 aliphatic rings. The van der Waals surface area contributed by atoms with E-state index in [4.69, 9.17) is 5.73 Å². The van der Waals surface area contributed by atoms with Gasteiger partial charge in [-0.05, 0) is 43.0 Å². The summed E-state index contributed by atoms with van der Waals surface area (Å²) in [5, 5.41) is 4.61. The van der Waals surface area contributed by atoms with E-state index in [-0.39, 0.29) is 18.3 Å². The summed E-state index contributed by atoms with van der Waals surface area (Å²) in [4.78, 5) is 12.4. The van der Waals surface area contributed by atoms with Crippen LogP contribution in [0.2, 0.25) is 0 Å². The van der Waals surface area contributed by atoms with Crippen LogP contribution in [0, 0.1) is 0 Å². The molecule has 5 heteroatoms. The Bertz CT molecular complexity index is 916. The Hall–Kier alpha value is -2.46. The summed E-state index contributed by atoms with van der Waals surface area (Å²) < 4.78 is 1.94. The number of benzene rings is 2. The van der Waals surface area contributed by atoms with Crippen molar-refractivity contribution in [2.24, 2.45) is 0 Å². The molecule has 25 heavy (non-hydrogen) atoms. The Morgan fingerprint density at radius 1 is 1.04 bits per heavy atom. The predicted octanol–water partition coefficient (Wildman–Crippen LogP) is 4.28. The first-order valence-electron chi connectivity index (χ1n) is 8.48. The number of halogens is 1. The van der Waals surface area contributed by atoms with E-state index in [0.29, 0.717) is 6.42 Å². The van der Waals surface area contributed by atoms with Crippen molar-refractivity contribution in [3.8, 4) is 0 Å². The first-order chi connectivity index (χ1) is 11.8. The van der Waals surface area contributed by atoms with Crippen molar-refractivity contribution in [1.29, 1.82) is 0 Å². The van der Waals surface area contributed by atoms with E-state index in [1.54, 1.807) is 0 Å². The first-order valence-corrected chi connectivity index (χ1v) is 8.48. The smallest absolute Gasteiger partial charge is 0.231 e. The molecular weight excluding hydrogens is 334 g/mol. The van der Waals surface area contributed by atoms with Crippen LogP contribution < -0.4 is 11.1 Å². The van der Waals surface area contributed by atoms with Gasteiger partial charge >= 0.3 is 0 Å².